The minimum atomic E-state index is -3.84. The van der Waals surface area contributed by atoms with Crippen molar-refractivity contribution in [1.29, 1.82) is 0 Å². The predicted octanol–water partition coefficient (Wildman–Crippen LogP) is 3.21. The Morgan fingerprint density at radius 2 is 1.54 bits per heavy atom. The molecule has 1 aromatic heterocycles. The average Bonchev–Trinajstić information content (AvgIpc) is 2.58. The van der Waals surface area contributed by atoms with Gasteiger partial charge in [0.25, 0.3) is 10.0 Å². The molecule has 0 fully saturated rings. The summed E-state index contributed by atoms with van der Waals surface area (Å²) in [6, 6.07) is 13.5. The third-order valence-electron chi connectivity index (χ3n) is 2.96. The fourth-order valence-corrected chi connectivity index (χ4v) is 2.87. The van der Waals surface area contributed by atoms with Crippen molar-refractivity contribution in [2.45, 2.75) is 4.90 Å². The van der Waals surface area contributed by atoms with Gasteiger partial charge in [-0.3, -0.25) is 4.72 Å². The minimum Gasteiger partial charge on any atom is -0.424 e. The number of anilines is 1. The van der Waals surface area contributed by atoms with Gasteiger partial charge in [0.05, 0.1) is 23.0 Å². The van der Waals surface area contributed by atoms with Gasteiger partial charge in [0.1, 0.15) is 11.6 Å². The number of halogens is 1. The highest BCUT2D eigenvalue weighted by molar-refractivity contribution is 7.92. The van der Waals surface area contributed by atoms with E-state index >= 15 is 0 Å². The molecule has 3 aromatic rings. The monoisotopic (exact) mass is 345 g/mol. The highest BCUT2D eigenvalue weighted by atomic mass is 32.2. The number of nitrogens with one attached hydrogen (secondary N) is 1. The first-order valence-corrected chi connectivity index (χ1v) is 8.34. The Morgan fingerprint density at radius 1 is 0.917 bits per heavy atom. The van der Waals surface area contributed by atoms with Crippen molar-refractivity contribution in [1.82, 2.24) is 9.97 Å². The van der Waals surface area contributed by atoms with Crippen molar-refractivity contribution in [3.63, 3.8) is 0 Å². The summed E-state index contributed by atoms with van der Waals surface area (Å²) in [7, 11) is -3.84. The Labute approximate surface area is 138 Å². The van der Waals surface area contributed by atoms with E-state index in [1.165, 1.54) is 24.5 Å². The molecule has 24 heavy (non-hydrogen) atoms. The van der Waals surface area contributed by atoms with Crippen LogP contribution in [0.1, 0.15) is 0 Å². The third-order valence-corrected chi connectivity index (χ3v) is 4.35. The number of rotatable bonds is 5. The normalized spacial score (nSPS) is 11.0. The van der Waals surface area contributed by atoms with Crippen molar-refractivity contribution in [3.8, 4) is 11.8 Å². The van der Waals surface area contributed by atoms with Crippen LogP contribution in [0.5, 0.6) is 11.8 Å². The van der Waals surface area contributed by atoms with E-state index in [0.717, 1.165) is 12.1 Å². The third kappa shape index (κ3) is 3.85. The van der Waals surface area contributed by atoms with E-state index in [1.807, 2.05) is 6.07 Å². The maximum Gasteiger partial charge on any atom is 0.322 e. The topological polar surface area (TPSA) is 81.2 Å². The molecule has 3 rings (SSSR count). The van der Waals surface area contributed by atoms with Gasteiger partial charge in [-0.15, -0.1) is 0 Å². The maximum absolute atomic E-state index is 12.9. The zero-order valence-electron chi connectivity index (χ0n) is 12.3. The van der Waals surface area contributed by atoms with Crippen LogP contribution in [0.2, 0.25) is 0 Å². The van der Waals surface area contributed by atoms with E-state index in [2.05, 4.69) is 14.7 Å². The van der Waals surface area contributed by atoms with Gasteiger partial charge >= 0.3 is 6.01 Å². The number of hydrogen-bond donors (Lipinski definition) is 1. The summed E-state index contributed by atoms with van der Waals surface area (Å²) >= 11 is 0. The van der Waals surface area contributed by atoms with Crippen LogP contribution in [0, 0.1) is 5.82 Å². The molecule has 8 heteroatoms. The first-order valence-electron chi connectivity index (χ1n) is 6.86. The first kappa shape index (κ1) is 15.9. The van der Waals surface area contributed by atoms with Gasteiger partial charge in [-0.2, -0.15) is 0 Å². The number of ether oxygens (including phenoxy) is 1. The van der Waals surface area contributed by atoms with Crippen molar-refractivity contribution < 1.29 is 17.5 Å². The molecule has 0 aliphatic carbocycles. The molecule has 0 aliphatic rings. The molecule has 1 heterocycles. The van der Waals surface area contributed by atoms with Gasteiger partial charge in [0, 0.05) is 0 Å². The largest absolute Gasteiger partial charge is 0.424 e. The van der Waals surface area contributed by atoms with E-state index in [1.54, 1.807) is 24.3 Å². The first-order chi connectivity index (χ1) is 11.5. The molecule has 1 N–H and O–H groups in total. The lowest BCUT2D eigenvalue weighted by molar-refractivity contribution is 0.442. The van der Waals surface area contributed by atoms with E-state index < -0.39 is 15.8 Å². The summed E-state index contributed by atoms with van der Waals surface area (Å²) in [5, 5.41) is 0. The van der Waals surface area contributed by atoms with Crippen LogP contribution in [-0.2, 0) is 10.0 Å². The quantitative estimate of drug-likeness (QED) is 0.768. The van der Waals surface area contributed by atoms with Crippen LogP contribution >= 0.6 is 0 Å². The molecule has 122 valence electrons. The van der Waals surface area contributed by atoms with E-state index in [0.29, 0.717) is 5.75 Å². The molecule has 0 unspecified atom stereocenters. The lowest BCUT2D eigenvalue weighted by Gasteiger charge is -2.08. The lowest BCUT2D eigenvalue weighted by atomic mass is 10.3. The number of nitrogens with zero attached hydrogens (tertiary/aromatic N) is 2. The Kier molecular flexibility index (Phi) is 4.39. The lowest BCUT2D eigenvalue weighted by Crippen LogP contribution is -2.13. The molecular weight excluding hydrogens is 333 g/mol. The summed E-state index contributed by atoms with van der Waals surface area (Å²) in [6.45, 7) is 0. The fourth-order valence-electron chi connectivity index (χ4n) is 1.84. The van der Waals surface area contributed by atoms with Crippen LogP contribution in [0.3, 0.4) is 0 Å². The molecule has 0 amide bonds. The van der Waals surface area contributed by atoms with E-state index in [9.17, 15) is 12.8 Å². The highest BCUT2D eigenvalue weighted by Crippen LogP contribution is 2.19. The molecule has 0 radical (unpaired) electrons. The number of para-hydroxylation sites is 1. The Balaban J connectivity index is 1.73. The van der Waals surface area contributed by atoms with Crippen molar-refractivity contribution >= 4 is 15.7 Å². The average molecular weight is 345 g/mol. The predicted molar refractivity (Wildman–Crippen MR) is 85.8 cm³/mol. The molecule has 0 spiro atoms. The Hall–Kier alpha value is -3.00. The molecule has 0 saturated heterocycles. The second-order valence-electron chi connectivity index (χ2n) is 4.73. The summed E-state index contributed by atoms with van der Waals surface area (Å²) in [6.07, 6.45) is 2.57. The van der Waals surface area contributed by atoms with Gasteiger partial charge < -0.3 is 4.74 Å². The van der Waals surface area contributed by atoms with Gasteiger partial charge in [0.15, 0.2) is 0 Å². The van der Waals surface area contributed by atoms with Crippen molar-refractivity contribution in [2.75, 3.05) is 4.72 Å². The second-order valence-corrected chi connectivity index (χ2v) is 6.41. The number of sulfonamides is 1. The summed E-state index contributed by atoms with van der Waals surface area (Å²) < 4.78 is 44.9. The standard InChI is InChI=1S/C16H12FN3O3S/c17-12-6-8-15(9-7-12)24(21,22)20-13-10-18-16(19-11-13)23-14-4-2-1-3-5-14/h1-11,20H. The van der Waals surface area contributed by atoms with Crippen LogP contribution in [0.25, 0.3) is 0 Å². The van der Waals surface area contributed by atoms with Crippen LogP contribution < -0.4 is 9.46 Å². The smallest absolute Gasteiger partial charge is 0.322 e. The molecule has 0 saturated carbocycles. The van der Waals surface area contributed by atoms with Gasteiger partial charge in [-0.25, -0.2) is 22.8 Å². The molecule has 6 nitrogen and oxygen atoms in total. The SMILES string of the molecule is O=S(=O)(Nc1cnc(Oc2ccccc2)nc1)c1ccc(F)cc1. The zero-order valence-corrected chi connectivity index (χ0v) is 13.1. The van der Waals surface area contributed by atoms with Crippen molar-refractivity contribution in [3.05, 3.63) is 72.8 Å². The summed E-state index contributed by atoms with van der Waals surface area (Å²) in [5.41, 5.74) is 0.166. The second kappa shape index (κ2) is 6.63. The summed E-state index contributed by atoms with van der Waals surface area (Å²) in [5.74, 6) is 0.0526. The van der Waals surface area contributed by atoms with Gasteiger partial charge in [0.2, 0.25) is 0 Å². The minimum absolute atomic E-state index is 0.0616. The maximum atomic E-state index is 12.9. The van der Waals surface area contributed by atoms with Crippen LogP contribution in [-0.4, -0.2) is 18.4 Å². The molecule has 0 aliphatic heterocycles. The Morgan fingerprint density at radius 3 is 2.17 bits per heavy atom. The van der Waals surface area contributed by atoms with E-state index in [4.69, 9.17) is 4.74 Å². The molecule has 0 atom stereocenters. The number of hydrogen-bond acceptors (Lipinski definition) is 5. The van der Waals surface area contributed by atoms with Gasteiger partial charge in [-0.1, -0.05) is 18.2 Å². The van der Waals surface area contributed by atoms with Crippen LogP contribution in [0.4, 0.5) is 10.1 Å². The summed E-state index contributed by atoms with van der Waals surface area (Å²) in [4.78, 5) is 7.83. The zero-order chi connectivity index (χ0) is 17.0. The van der Waals surface area contributed by atoms with Crippen LogP contribution in [0.15, 0.2) is 71.9 Å². The van der Waals surface area contributed by atoms with E-state index in [-0.39, 0.29) is 16.6 Å². The number of aromatic nitrogens is 2. The molecule has 2 aromatic carbocycles. The van der Waals surface area contributed by atoms with Crippen molar-refractivity contribution in [2.24, 2.45) is 0 Å². The number of benzene rings is 2. The molecular formula is C16H12FN3O3S. The Bertz CT molecular complexity index is 915. The highest BCUT2D eigenvalue weighted by Gasteiger charge is 2.14. The molecule has 0 bridgehead atoms. The fraction of sp³-hybridized carbons (Fsp3) is 0. The van der Waals surface area contributed by atoms with Gasteiger partial charge in [-0.05, 0) is 36.4 Å².